The molecule has 114 valence electrons. The topological polar surface area (TPSA) is 29.1 Å². The largest absolute Gasteiger partial charge is 0.349 e. The molecule has 21 heavy (non-hydrogen) atoms. The normalized spacial score (nSPS) is 32.0. The minimum atomic E-state index is 0.171. The van der Waals surface area contributed by atoms with Crippen LogP contribution < -0.4 is 5.32 Å². The fourth-order valence-corrected chi connectivity index (χ4v) is 6.05. The van der Waals surface area contributed by atoms with Crippen molar-refractivity contribution in [1.29, 1.82) is 0 Å². The van der Waals surface area contributed by atoms with Crippen LogP contribution in [0.5, 0.6) is 0 Å². The molecule has 1 aromatic heterocycles. The Kier molecular flexibility index (Phi) is 3.56. The molecular weight excluding hydrogens is 278 g/mol. The monoisotopic (exact) mass is 303 g/mol. The van der Waals surface area contributed by atoms with Gasteiger partial charge in [-0.2, -0.15) is 0 Å². The highest BCUT2D eigenvalue weighted by atomic mass is 32.1. The molecule has 0 aromatic carbocycles. The number of nitrogens with one attached hydrogen (secondary N) is 1. The summed E-state index contributed by atoms with van der Waals surface area (Å²) in [5.41, 5.74) is 1.43. The van der Waals surface area contributed by atoms with Gasteiger partial charge in [-0.05, 0) is 81.3 Å². The maximum absolute atomic E-state index is 12.5. The van der Waals surface area contributed by atoms with E-state index < -0.39 is 0 Å². The van der Waals surface area contributed by atoms with Gasteiger partial charge in [0.25, 0.3) is 5.91 Å². The second-order valence-corrected chi connectivity index (χ2v) is 8.50. The molecule has 0 radical (unpaired) electrons. The molecule has 2 nitrogen and oxygen atoms in total. The molecule has 0 saturated heterocycles. The molecule has 3 aliphatic carbocycles. The molecule has 0 aliphatic heterocycles. The van der Waals surface area contributed by atoms with E-state index in [1.54, 1.807) is 11.3 Å². The third-order valence-electron chi connectivity index (χ3n) is 6.01. The lowest BCUT2D eigenvalue weighted by Gasteiger charge is -2.28. The lowest BCUT2D eigenvalue weighted by molar-refractivity contribution is 0.0919. The Labute approximate surface area is 131 Å². The van der Waals surface area contributed by atoms with Crippen LogP contribution in [0.15, 0.2) is 6.07 Å². The van der Waals surface area contributed by atoms with E-state index in [9.17, 15) is 4.79 Å². The summed E-state index contributed by atoms with van der Waals surface area (Å²) < 4.78 is 0. The Hall–Kier alpha value is -0.830. The van der Waals surface area contributed by atoms with Crippen LogP contribution in [0.3, 0.4) is 0 Å². The summed E-state index contributed by atoms with van der Waals surface area (Å²) in [5.74, 6) is 2.72. The Morgan fingerprint density at radius 2 is 2.14 bits per heavy atom. The lowest BCUT2D eigenvalue weighted by Crippen LogP contribution is -2.39. The van der Waals surface area contributed by atoms with Gasteiger partial charge in [0.1, 0.15) is 0 Å². The molecular formula is C18H25NOS. The SMILES string of the molecule is CC(NC(=O)c1cc2c(s1)CCCC2)C1CC2CCC1C2. The lowest BCUT2D eigenvalue weighted by atomic mass is 9.84. The highest BCUT2D eigenvalue weighted by Crippen LogP contribution is 2.49. The smallest absolute Gasteiger partial charge is 0.261 e. The van der Waals surface area contributed by atoms with Crippen LogP contribution in [0.25, 0.3) is 0 Å². The molecule has 3 aliphatic rings. The van der Waals surface area contributed by atoms with Gasteiger partial charge in [-0.25, -0.2) is 0 Å². The molecule has 1 heterocycles. The quantitative estimate of drug-likeness (QED) is 0.891. The fraction of sp³-hybridized carbons (Fsp3) is 0.722. The summed E-state index contributed by atoms with van der Waals surface area (Å²) in [6.07, 6.45) is 10.5. The first-order chi connectivity index (χ1) is 10.2. The summed E-state index contributed by atoms with van der Waals surface area (Å²) in [6, 6.07) is 2.49. The maximum Gasteiger partial charge on any atom is 0.261 e. The zero-order valence-electron chi connectivity index (χ0n) is 12.9. The van der Waals surface area contributed by atoms with E-state index >= 15 is 0 Å². The van der Waals surface area contributed by atoms with Crippen molar-refractivity contribution >= 4 is 17.2 Å². The molecule has 4 unspecified atom stereocenters. The van der Waals surface area contributed by atoms with Crippen molar-refractivity contribution in [3.05, 3.63) is 21.4 Å². The highest BCUT2D eigenvalue weighted by molar-refractivity contribution is 7.14. The van der Waals surface area contributed by atoms with Gasteiger partial charge < -0.3 is 5.32 Å². The number of carbonyl (C=O) groups excluding carboxylic acids is 1. The van der Waals surface area contributed by atoms with E-state index in [0.29, 0.717) is 6.04 Å². The molecule has 2 saturated carbocycles. The zero-order valence-corrected chi connectivity index (χ0v) is 13.7. The van der Waals surface area contributed by atoms with Gasteiger partial charge in [-0.3, -0.25) is 4.79 Å². The summed E-state index contributed by atoms with van der Waals surface area (Å²) in [5, 5.41) is 3.30. The minimum absolute atomic E-state index is 0.171. The number of aryl methyl sites for hydroxylation is 2. The number of hydrogen-bond acceptors (Lipinski definition) is 2. The Morgan fingerprint density at radius 3 is 2.86 bits per heavy atom. The van der Waals surface area contributed by atoms with E-state index in [1.165, 1.54) is 61.8 Å². The first-order valence-electron chi connectivity index (χ1n) is 8.63. The van der Waals surface area contributed by atoms with E-state index in [1.807, 2.05) is 0 Å². The van der Waals surface area contributed by atoms with E-state index in [4.69, 9.17) is 0 Å². The van der Waals surface area contributed by atoms with Gasteiger partial charge in [-0.1, -0.05) is 6.42 Å². The third-order valence-corrected chi connectivity index (χ3v) is 7.25. The van der Waals surface area contributed by atoms with E-state index in [2.05, 4.69) is 18.3 Å². The van der Waals surface area contributed by atoms with Gasteiger partial charge in [0.05, 0.1) is 4.88 Å². The maximum atomic E-state index is 12.5. The molecule has 1 aromatic rings. The van der Waals surface area contributed by atoms with Crippen molar-refractivity contribution in [3.8, 4) is 0 Å². The summed E-state index contributed by atoms with van der Waals surface area (Å²) >= 11 is 1.73. The Bertz CT molecular complexity index is 526. The van der Waals surface area contributed by atoms with Gasteiger partial charge in [0.2, 0.25) is 0 Å². The van der Waals surface area contributed by atoms with Crippen molar-refractivity contribution in [3.63, 3.8) is 0 Å². The molecule has 1 N–H and O–H groups in total. The minimum Gasteiger partial charge on any atom is -0.349 e. The van der Waals surface area contributed by atoms with Gasteiger partial charge in [0.15, 0.2) is 0 Å². The molecule has 2 bridgehead atoms. The number of amides is 1. The molecule has 1 amide bonds. The first kappa shape index (κ1) is 13.8. The first-order valence-corrected chi connectivity index (χ1v) is 9.45. The van der Waals surface area contributed by atoms with Crippen molar-refractivity contribution in [2.75, 3.05) is 0 Å². The predicted octanol–water partition coefficient (Wildman–Crippen LogP) is 4.18. The standard InChI is InChI=1S/C18H25NOS/c1-11(15-9-12-6-7-13(15)8-12)19-18(20)17-10-14-4-2-3-5-16(14)21-17/h10-13,15H,2-9H2,1H3,(H,19,20). The van der Waals surface area contributed by atoms with Crippen LogP contribution in [0, 0.1) is 17.8 Å². The predicted molar refractivity (Wildman–Crippen MR) is 86.8 cm³/mol. The molecule has 0 spiro atoms. The number of fused-ring (bicyclic) bond motifs is 3. The van der Waals surface area contributed by atoms with Crippen molar-refractivity contribution < 1.29 is 4.79 Å². The van der Waals surface area contributed by atoms with Gasteiger partial charge in [0, 0.05) is 10.9 Å². The average Bonchev–Trinajstić information content (AvgIpc) is 3.21. The molecule has 2 fully saturated rings. The Morgan fingerprint density at radius 1 is 1.29 bits per heavy atom. The van der Waals surface area contributed by atoms with Crippen LogP contribution in [0.2, 0.25) is 0 Å². The van der Waals surface area contributed by atoms with Gasteiger partial charge in [-0.15, -0.1) is 11.3 Å². The van der Waals surface area contributed by atoms with Crippen LogP contribution in [0.4, 0.5) is 0 Å². The van der Waals surface area contributed by atoms with E-state index in [0.717, 1.165) is 22.6 Å². The number of carbonyl (C=O) groups is 1. The number of rotatable bonds is 3. The molecule has 3 heteroatoms. The number of hydrogen-bond donors (Lipinski definition) is 1. The summed E-state index contributed by atoms with van der Waals surface area (Å²) in [7, 11) is 0. The number of thiophene rings is 1. The molecule has 4 rings (SSSR count). The van der Waals surface area contributed by atoms with Crippen LogP contribution >= 0.6 is 11.3 Å². The third kappa shape index (κ3) is 2.54. The van der Waals surface area contributed by atoms with Crippen molar-refractivity contribution in [1.82, 2.24) is 5.32 Å². The van der Waals surface area contributed by atoms with Crippen LogP contribution in [0.1, 0.15) is 65.6 Å². The van der Waals surface area contributed by atoms with Crippen LogP contribution in [-0.4, -0.2) is 11.9 Å². The second-order valence-electron chi connectivity index (χ2n) is 7.37. The fourth-order valence-electron chi connectivity index (χ4n) is 4.89. The van der Waals surface area contributed by atoms with Crippen molar-refractivity contribution in [2.24, 2.45) is 17.8 Å². The van der Waals surface area contributed by atoms with Crippen LogP contribution in [-0.2, 0) is 12.8 Å². The summed E-state index contributed by atoms with van der Waals surface area (Å²) in [4.78, 5) is 14.9. The second kappa shape index (κ2) is 5.42. The van der Waals surface area contributed by atoms with Crippen molar-refractivity contribution in [2.45, 2.75) is 64.3 Å². The average molecular weight is 303 g/mol. The van der Waals surface area contributed by atoms with E-state index in [-0.39, 0.29) is 5.91 Å². The Balaban J connectivity index is 1.42. The summed E-state index contributed by atoms with van der Waals surface area (Å²) in [6.45, 7) is 2.22. The highest BCUT2D eigenvalue weighted by Gasteiger charge is 2.42. The zero-order chi connectivity index (χ0) is 14.4. The molecule has 4 atom stereocenters. The van der Waals surface area contributed by atoms with Gasteiger partial charge >= 0.3 is 0 Å².